The van der Waals surface area contributed by atoms with Crippen molar-refractivity contribution < 1.29 is 0 Å². The minimum atomic E-state index is 0.174. The van der Waals surface area contributed by atoms with E-state index in [1.165, 1.54) is 38.5 Å². The van der Waals surface area contributed by atoms with Crippen molar-refractivity contribution in [3.63, 3.8) is 0 Å². The van der Waals surface area contributed by atoms with Crippen LogP contribution in [0.4, 0.5) is 0 Å². The fraction of sp³-hybridized carbons (Fsp3) is 0.769. The summed E-state index contributed by atoms with van der Waals surface area (Å²) in [7, 11) is 1.92. The molecule has 0 aliphatic heterocycles. The Labute approximate surface area is 103 Å². The summed E-state index contributed by atoms with van der Waals surface area (Å²) >= 11 is 0. The van der Waals surface area contributed by atoms with E-state index < -0.39 is 0 Å². The zero-order chi connectivity index (χ0) is 12.1. The molecule has 0 saturated heterocycles. The molecule has 1 heterocycles. The fourth-order valence-electron chi connectivity index (χ4n) is 2.42. The van der Waals surface area contributed by atoms with E-state index in [9.17, 15) is 0 Å². The molecule has 1 unspecified atom stereocenters. The lowest BCUT2D eigenvalue weighted by molar-refractivity contribution is 0.544. The normalized spacial score (nSPS) is 19.9. The topological polar surface area (TPSA) is 50.7 Å². The van der Waals surface area contributed by atoms with Crippen LogP contribution in [0.25, 0.3) is 0 Å². The number of aromatic nitrogens is 3. The van der Waals surface area contributed by atoms with Crippen molar-refractivity contribution in [1.82, 2.24) is 20.5 Å². The van der Waals surface area contributed by atoms with E-state index in [1.807, 2.05) is 13.2 Å². The van der Waals surface area contributed by atoms with Crippen molar-refractivity contribution in [1.29, 1.82) is 0 Å². The van der Waals surface area contributed by atoms with Gasteiger partial charge < -0.3 is 5.32 Å². The molecule has 0 radical (unpaired) electrons. The third kappa shape index (κ3) is 3.22. The second-order valence-corrected chi connectivity index (χ2v) is 4.94. The molecule has 0 amide bonds. The predicted molar refractivity (Wildman–Crippen MR) is 67.7 cm³/mol. The molecular weight excluding hydrogens is 212 g/mol. The highest BCUT2D eigenvalue weighted by Gasteiger charge is 2.17. The lowest BCUT2D eigenvalue weighted by Crippen LogP contribution is -2.17. The van der Waals surface area contributed by atoms with Crippen LogP contribution in [0.2, 0.25) is 0 Å². The smallest absolute Gasteiger partial charge is 0.167 e. The molecule has 1 aliphatic carbocycles. The van der Waals surface area contributed by atoms with Crippen molar-refractivity contribution in [2.75, 3.05) is 7.05 Å². The molecule has 1 aliphatic rings. The summed E-state index contributed by atoms with van der Waals surface area (Å²) in [5.74, 6) is 1.41. The summed E-state index contributed by atoms with van der Waals surface area (Å²) in [4.78, 5) is 4.67. The van der Waals surface area contributed by atoms with Crippen molar-refractivity contribution >= 4 is 0 Å². The van der Waals surface area contributed by atoms with Crippen LogP contribution in [0.15, 0.2) is 6.20 Å². The molecule has 1 aromatic rings. The van der Waals surface area contributed by atoms with Crippen LogP contribution in [0.5, 0.6) is 0 Å². The number of hydrogen-bond acceptors (Lipinski definition) is 4. The first kappa shape index (κ1) is 12.4. The average molecular weight is 234 g/mol. The third-order valence-corrected chi connectivity index (χ3v) is 3.69. The molecule has 17 heavy (non-hydrogen) atoms. The summed E-state index contributed by atoms with van der Waals surface area (Å²) in [5, 5.41) is 11.4. The highest BCUT2D eigenvalue weighted by Crippen LogP contribution is 2.30. The summed E-state index contributed by atoms with van der Waals surface area (Å²) < 4.78 is 0. The molecule has 1 fully saturated rings. The van der Waals surface area contributed by atoms with Crippen LogP contribution >= 0.6 is 0 Å². The standard InChI is InChI=1S/C13H22N4/c1-10(14-2)13-16-12(9-15-17-13)11-7-5-3-4-6-8-11/h9-11,14H,3-8H2,1-2H3. The molecule has 4 nitrogen and oxygen atoms in total. The Balaban J connectivity index is 2.13. The highest BCUT2D eigenvalue weighted by atomic mass is 15.2. The van der Waals surface area contributed by atoms with E-state index in [2.05, 4.69) is 27.4 Å². The van der Waals surface area contributed by atoms with Gasteiger partial charge in [-0.25, -0.2) is 4.98 Å². The molecule has 4 heteroatoms. The van der Waals surface area contributed by atoms with Crippen molar-refractivity contribution in [3.8, 4) is 0 Å². The SMILES string of the molecule is CNC(C)c1nncc(C2CCCCCC2)n1. The first-order chi connectivity index (χ1) is 8.31. The fourth-order valence-corrected chi connectivity index (χ4v) is 2.42. The maximum absolute atomic E-state index is 4.67. The van der Waals surface area contributed by atoms with E-state index in [0.29, 0.717) is 5.92 Å². The van der Waals surface area contributed by atoms with Gasteiger partial charge >= 0.3 is 0 Å². The van der Waals surface area contributed by atoms with Crippen LogP contribution in [0, 0.1) is 0 Å². The Bertz CT molecular complexity index is 345. The van der Waals surface area contributed by atoms with Gasteiger partial charge in [0.25, 0.3) is 0 Å². The van der Waals surface area contributed by atoms with Gasteiger partial charge in [0.05, 0.1) is 17.9 Å². The summed E-state index contributed by atoms with van der Waals surface area (Å²) in [6.45, 7) is 2.06. The van der Waals surface area contributed by atoms with E-state index >= 15 is 0 Å². The van der Waals surface area contributed by atoms with Crippen LogP contribution in [0.3, 0.4) is 0 Å². The number of rotatable bonds is 3. The average Bonchev–Trinajstić information content (AvgIpc) is 2.67. The zero-order valence-electron chi connectivity index (χ0n) is 10.8. The molecule has 0 spiro atoms. The van der Waals surface area contributed by atoms with Gasteiger partial charge in [0, 0.05) is 5.92 Å². The van der Waals surface area contributed by atoms with Gasteiger partial charge in [0.1, 0.15) is 0 Å². The summed E-state index contributed by atoms with van der Waals surface area (Å²) in [6.07, 6.45) is 9.75. The Morgan fingerprint density at radius 1 is 1.24 bits per heavy atom. The summed E-state index contributed by atoms with van der Waals surface area (Å²) in [5.41, 5.74) is 1.14. The summed E-state index contributed by atoms with van der Waals surface area (Å²) in [6, 6.07) is 0.174. The maximum atomic E-state index is 4.67. The molecule has 1 aromatic heterocycles. The van der Waals surface area contributed by atoms with Gasteiger partial charge in [-0.3, -0.25) is 0 Å². The molecular formula is C13H22N4. The minimum Gasteiger partial charge on any atom is -0.311 e. The van der Waals surface area contributed by atoms with Gasteiger partial charge in [-0.15, -0.1) is 5.10 Å². The third-order valence-electron chi connectivity index (χ3n) is 3.69. The minimum absolute atomic E-state index is 0.174. The van der Waals surface area contributed by atoms with Crippen LogP contribution < -0.4 is 5.32 Å². The zero-order valence-corrected chi connectivity index (χ0v) is 10.8. The van der Waals surface area contributed by atoms with E-state index in [0.717, 1.165) is 11.5 Å². The Kier molecular flexibility index (Phi) is 4.42. The largest absolute Gasteiger partial charge is 0.311 e. The second-order valence-electron chi connectivity index (χ2n) is 4.94. The van der Waals surface area contributed by atoms with Gasteiger partial charge in [-0.1, -0.05) is 25.7 Å². The number of nitrogens with zero attached hydrogens (tertiary/aromatic N) is 3. The highest BCUT2D eigenvalue weighted by molar-refractivity contribution is 5.06. The molecule has 2 rings (SSSR count). The molecule has 1 saturated carbocycles. The van der Waals surface area contributed by atoms with E-state index in [-0.39, 0.29) is 6.04 Å². The van der Waals surface area contributed by atoms with Gasteiger partial charge in [-0.05, 0) is 26.8 Å². The van der Waals surface area contributed by atoms with E-state index in [1.54, 1.807) is 0 Å². The molecule has 94 valence electrons. The number of nitrogens with one attached hydrogen (secondary N) is 1. The monoisotopic (exact) mass is 234 g/mol. The first-order valence-corrected chi connectivity index (χ1v) is 6.68. The Morgan fingerprint density at radius 2 is 1.94 bits per heavy atom. The Hall–Kier alpha value is -1.03. The van der Waals surface area contributed by atoms with Crippen LogP contribution in [-0.2, 0) is 0 Å². The lowest BCUT2D eigenvalue weighted by Gasteiger charge is -2.15. The van der Waals surface area contributed by atoms with Crippen molar-refractivity contribution in [2.45, 2.75) is 57.4 Å². The molecule has 1 N–H and O–H groups in total. The first-order valence-electron chi connectivity index (χ1n) is 6.68. The molecule has 0 aromatic carbocycles. The van der Waals surface area contributed by atoms with Crippen molar-refractivity contribution in [2.24, 2.45) is 0 Å². The van der Waals surface area contributed by atoms with Gasteiger partial charge in [-0.2, -0.15) is 5.10 Å². The predicted octanol–water partition coefficient (Wildman–Crippen LogP) is 2.59. The molecule has 1 atom stereocenters. The lowest BCUT2D eigenvalue weighted by atomic mass is 9.97. The molecule has 0 bridgehead atoms. The van der Waals surface area contributed by atoms with E-state index in [4.69, 9.17) is 0 Å². The van der Waals surface area contributed by atoms with Gasteiger partial charge in [0.2, 0.25) is 0 Å². The van der Waals surface area contributed by atoms with Crippen LogP contribution in [0.1, 0.15) is 68.9 Å². The van der Waals surface area contributed by atoms with Gasteiger partial charge in [0.15, 0.2) is 5.82 Å². The second kappa shape index (κ2) is 6.05. The van der Waals surface area contributed by atoms with Crippen LogP contribution in [-0.4, -0.2) is 22.2 Å². The maximum Gasteiger partial charge on any atom is 0.167 e. The Morgan fingerprint density at radius 3 is 2.59 bits per heavy atom. The van der Waals surface area contributed by atoms with Crippen molar-refractivity contribution in [3.05, 3.63) is 17.7 Å². The number of hydrogen-bond donors (Lipinski definition) is 1. The quantitative estimate of drug-likeness (QED) is 0.817.